The summed E-state index contributed by atoms with van der Waals surface area (Å²) in [6.07, 6.45) is 1.46. The topological polar surface area (TPSA) is 98.8 Å². The zero-order valence-corrected chi connectivity index (χ0v) is 19.4. The van der Waals surface area contributed by atoms with E-state index in [0.717, 1.165) is 0 Å². The third kappa shape index (κ3) is 5.32. The fourth-order valence-electron chi connectivity index (χ4n) is 3.36. The monoisotopic (exact) mass is 492 g/mol. The van der Waals surface area contributed by atoms with Gasteiger partial charge in [-0.1, -0.05) is 23.2 Å². The molecule has 0 unspecified atom stereocenters. The second-order valence-electron chi connectivity index (χ2n) is 7.21. The highest BCUT2D eigenvalue weighted by molar-refractivity contribution is 6.35. The van der Waals surface area contributed by atoms with Gasteiger partial charge in [-0.2, -0.15) is 5.10 Å². The molecule has 1 aromatic carbocycles. The minimum atomic E-state index is -0.502. The maximum atomic E-state index is 13.1. The Balaban J connectivity index is 1.44. The molecule has 1 fully saturated rings. The van der Waals surface area contributed by atoms with Gasteiger partial charge >= 0.3 is 0 Å². The first-order chi connectivity index (χ1) is 16.0. The van der Waals surface area contributed by atoms with Crippen molar-refractivity contribution in [1.29, 1.82) is 0 Å². The number of benzene rings is 1. The summed E-state index contributed by atoms with van der Waals surface area (Å²) in [7, 11) is 0. The third-order valence-corrected chi connectivity index (χ3v) is 5.57. The highest BCUT2D eigenvalue weighted by Gasteiger charge is 2.26. The van der Waals surface area contributed by atoms with Gasteiger partial charge in [-0.05, 0) is 37.3 Å². The van der Waals surface area contributed by atoms with Gasteiger partial charge in [0.05, 0.1) is 30.1 Å². The SMILES string of the molecule is CCn1ncc(NC(=O)c2ccc(COc3ccc(Cl)cc3Cl)o2)c1C(=O)N1CCOCC1. The molecule has 1 aliphatic rings. The zero-order valence-electron chi connectivity index (χ0n) is 17.8. The summed E-state index contributed by atoms with van der Waals surface area (Å²) in [5.74, 6) is 0.241. The minimum Gasteiger partial charge on any atom is -0.484 e. The van der Waals surface area contributed by atoms with Crippen LogP contribution >= 0.6 is 23.2 Å². The van der Waals surface area contributed by atoms with Gasteiger partial charge in [-0.15, -0.1) is 0 Å². The molecule has 3 aromatic rings. The Morgan fingerprint density at radius 3 is 2.70 bits per heavy atom. The van der Waals surface area contributed by atoms with Gasteiger partial charge in [-0.25, -0.2) is 0 Å². The maximum absolute atomic E-state index is 13.1. The Morgan fingerprint density at radius 2 is 1.97 bits per heavy atom. The predicted octanol–water partition coefficient (Wildman–Crippen LogP) is 4.11. The van der Waals surface area contributed by atoms with Gasteiger partial charge in [0.2, 0.25) is 0 Å². The van der Waals surface area contributed by atoms with E-state index in [1.807, 2.05) is 6.92 Å². The van der Waals surface area contributed by atoms with Crippen molar-refractivity contribution in [2.75, 3.05) is 31.6 Å². The van der Waals surface area contributed by atoms with E-state index in [9.17, 15) is 9.59 Å². The molecular weight excluding hydrogens is 471 g/mol. The molecule has 9 nitrogen and oxygen atoms in total. The molecule has 33 heavy (non-hydrogen) atoms. The van der Waals surface area contributed by atoms with Crippen LogP contribution in [0.25, 0.3) is 0 Å². The van der Waals surface area contributed by atoms with Crippen LogP contribution in [0.5, 0.6) is 5.75 Å². The lowest BCUT2D eigenvalue weighted by Crippen LogP contribution is -2.41. The number of aromatic nitrogens is 2. The summed E-state index contributed by atoms with van der Waals surface area (Å²) in [5.41, 5.74) is 0.640. The number of rotatable bonds is 7. The Labute approximate surface area is 200 Å². The van der Waals surface area contributed by atoms with Crippen LogP contribution in [0.2, 0.25) is 10.0 Å². The van der Waals surface area contributed by atoms with E-state index in [0.29, 0.717) is 65.8 Å². The maximum Gasteiger partial charge on any atom is 0.291 e. The van der Waals surface area contributed by atoms with Crippen LogP contribution in [0.3, 0.4) is 0 Å². The third-order valence-electron chi connectivity index (χ3n) is 5.04. The summed E-state index contributed by atoms with van der Waals surface area (Å²) >= 11 is 12.0. The number of morpholine rings is 1. The summed E-state index contributed by atoms with van der Waals surface area (Å²) < 4.78 is 18.1. The number of hydrogen-bond donors (Lipinski definition) is 1. The van der Waals surface area contributed by atoms with Crippen molar-refractivity contribution in [2.45, 2.75) is 20.1 Å². The minimum absolute atomic E-state index is 0.0726. The van der Waals surface area contributed by atoms with E-state index >= 15 is 0 Å². The van der Waals surface area contributed by atoms with Gasteiger partial charge in [0.25, 0.3) is 11.8 Å². The van der Waals surface area contributed by atoms with E-state index in [-0.39, 0.29) is 18.3 Å². The number of carbonyl (C=O) groups excluding carboxylic acids is 2. The average Bonchev–Trinajstić information content (AvgIpc) is 3.45. The van der Waals surface area contributed by atoms with Crippen molar-refractivity contribution >= 4 is 40.7 Å². The number of anilines is 1. The van der Waals surface area contributed by atoms with Gasteiger partial charge < -0.3 is 24.1 Å². The molecule has 3 heterocycles. The molecule has 1 N–H and O–H groups in total. The van der Waals surface area contributed by atoms with E-state index in [4.69, 9.17) is 37.1 Å². The van der Waals surface area contributed by atoms with Gasteiger partial charge in [-0.3, -0.25) is 14.3 Å². The molecule has 0 spiro atoms. The van der Waals surface area contributed by atoms with Crippen molar-refractivity contribution in [2.24, 2.45) is 0 Å². The quantitative estimate of drug-likeness (QED) is 0.532. The first kappa shape index (κ1) is 23.2. The van der Waals surface area contributed by atoms with Crippen molar-refractivity contribution in [3.63, 3.8) is 0 Å². The smallest absolute Gasteiger partial charge is 0.291 e. The van der Waals surface area contributed by atoms with E-state index < -0.39 is 5.91 Å². The summed E-state index contributed by atoms with van der Waals surface area (Å²) in [4.78, 5) is 27.5. The predicted molar refractivity (Wildman–Crippen MR) is 122 cm³/mol. The molecule has 0 bridgehead atoms. The van der Waals surface area contributed by atoms with Crippen LogP contribution < -0.4 is 10.1 Å². The number of nitrogens with one attached hydrogen (secondary N) is 1. The average molecular weight is 493 g/mol. The van der Waals surface area contributed by atoms with Crippen LogP contribution in [0.1, 0.15) is 33.7 Å². The van der Waals surface area contributed by atoms with Crippen LogP contribution in [0, 0.1) is 0 Å². The lowest BCUT2D eigenvalue weighted by Gasteiger charge is -2.27. The number of nitrogens with zero attached hydrogens (tertiary/aromatic N) is 3. The molecule has 2 amide bonds. The molecule has 0 radical (unpaired) electrons. The number of furan rings is 1. The fraction of sp³-hybridized carbons (Fsp3) is 0.318. The van der Waals surface area contributed by atoms with Crippen molar-refractivity contribution < 1.29 is 23.5 Å². The Kier molecular flexibility index (Phi) is 7.22. The lowest BCUT2D eigenvalue weighted by atomic mass is 10.2. The Morgan fingerprint density at radius 1 is 1.18 bits per heavy atom. The molecular formula is C22H22Cl2N4O5. The van der Waals surface area contributed by atoms with E-state index in [1.165, 1.54) is 12.3 Å². The Hall–Kier alpha value is -3.01. The summed E-state index contributed by atoms with van der Waals surface area (Å²) in [6, 6.07) is 8.06. The normalized spacial score (nSPS) is 13.7. The van der Waals surface area contributed by atoms with Gasteiger partial charge in [0.1, 0.15) is 23.8 Å². The lowest BCUT2D eigenvalue weighted by molar-refractivity contribution is 0.0295. The van der Waals surface area contributed by atoms with E-state index in [2.05, 4.69) is 10.4 Å². The first-order valence-electron chi connectivity index (χ1n) is 10.4. The number of aryl methyl sites for hydroxylation is 1. The highest BCUT2D eigenvalue weighted by atomic mass is 35.5. The largest absolute Gasteiger partial charge is 0.484 e. The summed E-state index contributed by atoms with van der Waals surface area (Å²) in [5, 5.41) is 7.84. The van der Waals surface area contributed by atoms with Gasteiger partial charge in [0.15, 0.2) is 5.76 Å². The van der Waals surface area contributed by atoms with E-state index in [1.54, 1.807) is 33.8 Å². The van der Waals surface area contributed by atoms with Gasteiger partial charge in [0, 0.05) is 24.7 Å². The second-order valence-corrected chi connectivity index (χ2v) is 8.05. The first-order valence-corrected chi connectivity index (χ1v) is 11.1. The molecule has 1 aliphatic heterocycles. The van der Waals surface area contributed by atoms with Crippen LogP contribution in [0.15, 0.2) is 40.9 Å². The molecule has 0 atom stereocenters. The van der Waals surface area contributed by atoms with Crippen LogP contribution in [-0.2, 0) is 17.9 Å². The molecule has 174 valence electrons. The van der Waals surface area contributed by atoms with Crippen molar-refractivity contribution in [1.82, 2.24) is 14.7 Å². The molecule has 4 rings (SSSR count). The molecule has 11 heteroatoms. The number of amides is 2. The molecule has 2 aromatic heterocycles. The summed E-state index contributed by atoms with van der Waals surface area (Å²) in [6.45, 7) is 4.36. The standard InChI is InChI=1S/C22H22Cl2N4O5/c1-2-28-20(22(30)27-7-9-31-10-8-27)17(12-25-28)26-21(29)19-6-4-15(33-19)13-32-18-5-3-14(23)11-16(18)24/h3-6,11-12H,2,7-10,13H2,1H3,(H,26,29). The highest BCUT2D eigenvalue weighted by Crippen LogP contribution is 2.28. The number of carbonyl (C=O) groups is 2. The second kappa shape index (κ2) is 10.3. The van der Waals surface area contributed by atoms with Crippen LogP contribution in [-0.4, -0.2) is 52.8 Å². The number of hydrogen-bond acceptors (Lipinski definition) is 6. The van der Waals surface area contributed by atoms with Crippen molar-refractivity contribution in [3.8, 4) is 5.75 Å². The van der Waals surface area contributed by atoms with Crippen molar-refractivity contribution in [3.05, 3.63) is 63.8 Å². The molecule has 0 saturated carbocycles. The zero-order chi connectivity index (χ0) is 23.4. The van der Waals surface area contributed by atoms with Crippen LogP contribution in [0.4, 0.5) is 5.69 Å². The number of halogens is 2. The number of ether oxygens (including phenoxy) is 2. The fourth-order valence-corrected chi connectivity index (χ4v) is 3.82. The molecule has 1 saturated heterocycles. The molecule has 0 aliphatic carbocycles. The Bertz CT molecular complexity index is 1150.